The summed E-state index contributed by atoms with van der Waals surface area (Å²) in [4.78, 5) is 12.4. The summed E-state index contributed by atoms with van der Waals surface area (Å²) in [7, 11) is 0. The van der Waals surface area contributed by atoms with Crippen molar-refractivity contribution < 1.29 is 4.79 Å². The molecule has 1 unspecified atom stereocenters. The molecule has 0 heterocycles. The van der Waals surface area contributed by atoms with Crippen molar-refractivity contribution in [1.82, 2.24) is 5.32 Å². The number of nitrogens with one attached hydrogen (secondary N) is 1. The molecule has 1 N–H and O–H groups in total. The van der Waals surface area contributed by atoms with Crippen LogP contribution in [-0.2, 0) is 0 Å². The van der Waals surface area contributed by atoms with Crippen molar-refractivity contribution in [1.29, 1.82) is 0 Å². The molecule has 0 aromatic heterocycles. The second-order valence-electron chi connectivity index (χ2n) is 3.30. The molecule has 0 saturated heterocycles. The predicted molar refractivity (Wildman–Crippen MR) is 60.9 cm³/mol. The van der Waals surface area contributed by atoms with Gasteiger partial charge in [-0.05, 0) is 25.5 Å². The lowest BCUT2D eigenvalue weighted by Gasteiger charge is -2.12. The molecule has 0 fully saturated rings. The quantitative estimate of drug-likeness (QED) is 0.736. The summed E-state index contributed by atoms with van der Waals surface area (Å²) in [6.45, 7) is 4.02. The van der Waals surface area contributed by atoms with Gasteiger partial charge in [0.15, 0.2) is 0 Å². The Morgan fingerprint density at radius 2 is 2.14 bits per heavy atom. The molecule has 0 radical (unpaired) electrons. The lowest BCUT2D eigenvalue weighted by Crippen LogP contribution is -2.32. The van der Waals surface area contributed by atoms with Gasteiger partial charge < -0.3 is 5.32 Å². The summed E-state index contributed by atoms with van der Waals surface area (Å²) >= 11 is 4.23. The van der Waals surface area contributed by atoms with Gasteiger partial charge in [0.05, 0.1) is 5.56 Å². The van der Waals surface area contributed by atoms with Crippen molar-refractivity contribution in [2.75, 3.05) is 0 Å². The van der Waals surface area contributed by atoms with E-state index in [-0.39, 0.29) is 11.9 Å². The number of thiol groups is 1. The van der Waals surface area contributed by atoms with Gasteiger partial charge in [0.25, 0.3) is 5.91 Å². The van der Waals surface area contributed by atoms with Gasteiger partial charge in [0, 0.05) is 10.9 Å². The number of hydrogen-bond acceptors (Lipinski definition) is 2. The van der Waals surface area contributed by atoms with E-state index < -0.39 is 0 Å². The van der Waals surface area contributed by atoms with E-state index in [2.05, 4.69) is 17.9 Å². The average molecular weight is 209 g/mol. The highest BCUT2D eigenvalue weighted by molar-refractivity contribution is 7.80. The number of amides is 1. The third-order valence-electron chi connectivity index (χ3n) is 2.14. The van der Waals surface area contributed by atoms with Gasteiger partial charge in [-0.3, -0.25) is 4.79 Å². The molecule has 1 atom stereocenters. The first-order valence-corrected chi connectivity index (χ1v) is 5.18. The molecule has 0 aliphatic carbocycles. The van der Waals surface area contributed by atoms with E-state index in [4.69, 9.17) is 0 Å². The van der Waals surface area contributed by atoms with Crippen molar-refractivity contribution in [2.24, 2.45) is 0 Å². The molecule has 1 amide bonds. The van der Waals surface area contributed by atoms with Crippen LogP contribution in [0.15, 0.2) is 29.2 Å². The predicted octanol–water partition coefficient (Wildman–Crippen LogP) is 2.50. The first-order chi connectivity index (χ1) is 6.65. The summed E-state index contributed by atoms with van der Waals surface area (Å²) in [5, 5.41) is 2.90. The van der Waals surface area contributed by atoms with Gasteiger partial charge in [-0.1, -0.05) is 19.1 Å². The van der Waals surface area contributed by atoms with Crippen molar-refractivity contribution in [3.8, 4) is 0 Å². The fourth-order valence-corrected chi connectivity index (χ4v) is 1.33. The molecule has 0 spiro atoms. The zero-order chi connectivity index (χ0) is 10.6. The van der Waals surface area contributed by atoms with Crippen LogP contribution in [0.4, 0.5) is 0 Å². The maximum absolute atomic E-state index is 11.7. The van der Waals surface area contributed by atoms with Gasteiger partial charge in [-0.15, -0.1) is 12.6 Å². The molecule has 14 heavy (non-hydrogen) atoms. The van der Waals surface area contributed by atoms with Crippen LogP contribution < -0.4 is 5.32 Å². The van der Waals surface area contributed by atoms with Gasteiger partial charge >= 0.3 is 0 Å². The van der Waals surface area contributed by atoms with Crippen LogP contribution in [0.5, 0.6) is 0 Å². The Balaban J connectivity index is 2.75. The van der Waals surface area contributed by atoms with Crippen LogP contribution in [-0.4, -0.2) is 11.9 Å². The van der Waals surface area contributed by atoms with Crippen molar-refractivity contribution in [2.45, 2.75) is 31.2 Å². The molecule has 1 aromatic carbocycles. The van der Waals surface area contributed by atoms with Crippen molar-refractivity contribution >= 4 is 18.5 Å². The summed E-state index contributed by atoms with van der Waals surface area (Å²) in [6, 6.07) is 7.50. The minimum Gasteiger partial charge on any atom is -0.350 e. The van der Waals surface area contributed by atoms with E-state index in [0.717, 1.165) is 6.42 Å². The lowest BCUT2D eigenvalue weighted by molar-refractivity contribution is 0.0936. The monoisotopic (exact) mass is 209 g/mol. The van der Waals surface area contributed by atoms with Crippen molar-refractivity contribution in [3.05, 3.63) is 29.8 Å². The number of benzene rings is 1. The summed E-state index contributed by atoms with van der Waals surface area (Å²) in [6.07, 6.45) is 0.931. The molecular weight excluding hydrogens is 194 g/mol. The number of hydrogen-bond donors (Lipinski definition) is 2. The zero-order valence-corrected chi connectivity index (χ0v) is 9.34. The summed E-state index contributed by atoms with van der Waals surface area (Å²) in [5.41, 5.74) is 0.635. The van der Waals surface area contributed by atoms with Crippen LogP contribution in [0.1, 0.15) is 30.6 Å². The highest BCUT2D eigenvalue weighted by Crippen LogP contribution is 2.12. The van der Waals surface area contributed by atoms with Gasteiger partial charge in [-0.2, -0.15) is 0 Å². The largest absolute Gasteiger partial charge is 0.350 e. The van der Waals surface area contributed by atoms with Gasteiger partial charge in [0.1, 0.15) is 0 Å². The fraction of sp³-hybridized carbons (Fsp3) is 0.364. The minimum absolute atomic E-state index is 0.0510. The maximum atomic E-state index is 11.7. The summed E-state index contributed by atoms with van der Waals surface area (Å²) < 4.78 is 0. The molecule has 0 bridgehead atoms. The topological polar surface area (TPSA) is 29.1 Å². The Morgan fingerprint density at radius 3 is 2.71 bits per heavy atom. The van der Waals surface area contributed by atoms with Crippen LogP contribution in [0.2, 0.25) is 0 Å². The van der Waals surface area contributed by atoms with E-state index >= 15 is 0 Å². The Labute approximate surface area is 90.1 Å². The standard InChI is InChI=1S/C11H15NOS/c1-3-8(2)12-11(13)9-6-4-5-7-10(9)14/h4-8,14H,3H2,1-2H3,(H,12,13). The van der Waals surface area contributed by atoms with Crippen molar-refractivity contribution in [3.63, 3.8) is 0 Å². The maximum Gasteiger partial charge on any atom is 0.252 e. The highest BCUT2D eigenvalue weighted by Gasteiger charge is 2.10. The smallest absolute Gasteiger partial charge is 0.252 e. The second-order valence-corrected chi connectivity index (χ2v) is 3.78. The van der Waals surface area contributed by atoms with Crippen LogP contribution in [0, 0.1) is 0 Å². The molecular formula is C11H15NOS. The average Bonchev–Trinajstić information content (AvgIpc) is 2.18. The molecule has 0 aliphatic heterocycles. The number of carbonyl (C=O) groups is 1. The highest BCUT2D eigenvalue weighted by atomic mass is 32.1. The van der Waals surface area contributed by atoms with Crippen LogP contribution >= 0.6 is 12.6 Å². The van der Waals surface area contributed by atoms with Gasteiger partial charge in [0.2, 0.25) is 0 Å². The second kappa shape index (κ2) is 5.05. The molecule has 1 rings (SSSR count). The number of carbonyl (C=O) groups excluding carboxylic acids is 1. The molecule has 2 nitrogen and oxygen atoms in total. The fourth-order valence-electron chi connectivity index (χ4n) is 1.07. The SMILES string of the molecule is CCC(C)NC(=O)c1ccccc1S. The summed E-state index contributed by atoms with van der Waals surface area (Å²) in [5.74, 6) is -0.0510. The molecule has 0 saturated carbocycles. The van der Waals surface area contributed by atoms with E-state index in [9.17, 15) is 4.79 Å². The van der Waals surface area contributed by atoms with E-state index in [1.54, 1.807) is 6.07 Å². The zero-order valence-electron chi connectivity index (χ0n) is 8.45. The molecule has 76 valence electrons. The molecule has 1 aromatic rings. The third kappa shape index (κ3) is 2.77. The Kier molecular flexibility index (Phi) is 4.01. The lowest BCUT2D eigenvalue weighted by atomic mass is 10.2. The van der Waals surface area contributed by atoms with Crippen LogP contribution in [0.25, 0.3) is 0 Å². The normalized spacial score (nSPS) is 12.2. The van der Waals surface area contributed by atoms with Crippen LogP contribution in [0.3, 0.4) is 0 Å². The van der Waals surface area contributed by atoms with E-state index in [0.29, 0.717) is 10.5 Å². The molecule has 3 heteroatoms. The minimum atomic E-state index is -0.0510. The Morgan fingerprint density at radius 1 is 1.50 bits per heavy atom. The number of rotatable bonds is 3. The third-order valence-corrected chi connectivity index (χ3v) is 2.53. The first kappa shape index (κ1) is 11.1. The Bertz CT molecular complexity index is 325. The van der Waals surface area contributed by atoms with E-state index in [1.807, 2.05) is 32.0 Å². The molecule has 0 aliphatic rings. The van der Waals surface area contributed by atoms with Gasteiger partial charge in [-0.25, -0.2) is 0 Å². The first-order valence-electron chi connectivity index (χ1n) is 4.74. The Hall–Kier alpha value is -0.960. The van der Waals surface area contributed by atoms with E-state index in [1.165, 1.54) is 0 Å².